The third-order valence-electron chi connectivity index (χ3n) is 4.98. The Morgan fingerprint density at radius 3 is 2.42 bits per heavy atom. The molecule has 1 aromatic rings. The lowest BCUT2D eigenvalue weighted by atomic mass is 9.94. The number of rotatable bonds is 3. The van der Waals surface area contributed by atoms with Crippen LogP contribution in [0.4, 0.5) is 0 Å². The standard InChI is InChI=1S/C18H24N2O4/c1-13-2-4-14(5-3-13)17(21)20-7-6-15(12-16(20)18(22)23)19-8-10-24-11-9-19/h2-5,15-16H,6-12H2,1H3,(H,22,23)/t15-,16-/m1/s1. The molecule has 2 aliphatic heterocycles. The zero-order valence-electron chi connectivity index (χ0n) is 14.0. The van der Waals surface area contributed by atoms with Gasteiger partial charge >= 0.3 is 5.97 Å². The first-order chi connectivity index (χ1) is 11.6. The second kappa shape index (κ2) is 7.32. The SMILES string of the molecule is Cc1ccc(C(=O)N2CC[C@@H](N3CCOCC3)C[C@@H]2C(=O)O)cc1. The highest BCUT2D eigenvalue weighted by Crippen LogP contribution is 2.25. The van der Waals surface area contributed by atoms with Crippen molar-refractivity contribution in [3.05, 3.63) is 35.4 Å². The minimum absolute atomic E-state index is 0.192. The molecule has 0 spiro atoms. The predicted molar refractivity (Wildman–Crippen MR) is 89.1 cm³/mol. The number of nitrogens with zero attached hydrogens (tertiary/aromatic N) is 2. The van der Waals surface area contributed by atoms with E-state index in [2.05, 4.69) is 4.90 Å². The number of hydrogen-bond donors (Lipinski definition) is 1. The van der Waals surface area contributed by atoms with Crippen LogP contribution in [0.15, 0.2) is 24.3 Å². The first kappa shape index (κ1) is 16.9. The second-order valence-corrected chi connectivity index (χ2v) is 6.55. The van der Waals surface area contributed by atoms with E-state index in [9.17, 15) is 14.7 Å². The zero-order valence-corrected chi connectivity index (χ0v) is 14.0. The number of carboxylic acids is 1. The van der Waals surface area contributed by atoms with Crippen LogP contribution in [0.2, 0.25) is 0 Å². The summed E-state index contributed by atoms with van der Waals surface area (Å²) in [6.07, 6.45) is 1.29. The molecule has 6 nitrogen and oxygen atoms in total. The largest absolute Gasteiger partial charge is 0.480 e. The van der Waals surface area contributed by atoms with E-state index in [1.54, 1.807) is 12.1 Å². The molecule has 3 rings (SSSR count). The van der Waals surface area contributed by atoms with E-state index in [1.165, 1.54) is 4.90 Å². The van der Waals surface area contributed by atoms with Crippen LogP contribution in [0.3, 0.4) is 0 Å². The number of likely N-dealkylation sites (tertiary alicyclic amines) is 1. The minimum Gasteiger partial charge on any atom is -0.480 e. The molecule has 0 aromatic heterocycles. The molecule has 24 heavy (non-hydrogen) atoms. The van der Waals surface area contributed by atoms with E-state index in [0.29, 0.717) is 31.7 Å². The Bertz CT molecular complexity index is 596. The maximum atomic E-state index is 12.7. The summed E-state index contributed by atoms with van der Waals surface area (Å²) in [6.45, 7) is 5.50. The van der Waals surface area contributed by atoms with E-state index in [1.807, 2.05) is 19.1 Å². The summed E-state index contributed by atoms with van der Waals surface area (Å²) >= 11 is 0. The molecule has 1 N–H and O–H groups in total. The summed E-state index contributed by atoms with van der Waals surface area (Å²) in [5, 5.41) is 9.63. The van der Waals surface area contributed by atoms with Crippen molar-refractivity contribution in [2.75, 3.05) is 32.8 Å². The predicted octanol–water partition coefficient (Wildman–Crippen LogP) is 1.39. The van der Waals surface area contributed by atoms with Crippen molar-refractivity contribution in [3.8, 4) is 0 Å². The van der Waals surface area contributed by atoms with E-state index in [-0.39, 0.29) is 11.9 Å². The zero-order chi connectivity index (χ0) is 17.1. The van der Waals surface area contributed by atoms with Gasteiger partial charge in [-0.05, 0) is 31.9 Å². The molecule has 0 radical (unpaired) electrons. The van der Waals surface area contributed by atoms with Gasteiger partial charge in [0.1, 0.15) is 6.04 Å². The number of benzene rings is 1. The molecule has 0 bridgehead atoms. The van der Waals surface area contributed by atoms with E-state index in [4.69, 9.17) is 4.74 Å². The first-order valence-corrected chi connectivity index (χ1v) is 8.48. The Morgan fingerprint density at radius 2 is 1.79 bits per heavy atom. The van der Waals surface area contributed by atoms with Crippen LogP contribution in [0.25, 0.3) is 0 Å². The van der Waals surface area contributed by atoms with Gasteiger partial charge in [-0.25, -0.2) is 4.79 Å². The average molecular weight is 332 g/mol. The maximum Gasteiger partial charge on any atom is 0.326 e. The number of carboxylic acid groups (broad SMARTS) is 1. The smallest absolute Gasteiger partial charge is 0.326 e. The molecule has 2 atom stereocenters. The van der Waals surface area contributed by atoms with Gasteiger partial charge in [0.15, 0.2) is 0 Å². The number of morpholine rings is 1. The lowest BCUT2D eigenvalue weighted by Crippen LogP contribution is -2.56. The number of ether oxygens (including phenoxy) is 1. The Labute approximate surface area is 142 Å². The maximum absolute atomic E-state index is 12.7. The summed E-state index contributed by atoms with van der Waals surface area (Å²) in [5.41, 5.74) is 1.63. The van der Waals surface area contributed by atoms with Crippen LogP contribution in [0, 0.1) is 6.92 Å². The van der Waals surface area contributed by atoms with Gasteiger partial charge < -0.3 is 14.7 Å². The third kappa shape index (κ3) is 3.60. The van der Waals surface area contributed by atoms with Crippen molar-refractivity contribution >= 4 is 11.9 Å². The van der Waals surface area contributed by atoms with Crippen molar-refractivity contribution in [1.82, 2.24) is 9.80 Å². The number of aliphatic carboxylic acids is 1. The minimum atomic E-state index is -0.923. The summed E-state index contributed by atoms with van der Waals surface area (Å²) in [7, 11) is 0. The summed E-state index contributed by atoms with van der Waals surface area (Å²) in [5.74, 6) is -1.11. The number of carbonyl (C=O) groups is 2. The highest BCUT2D eigenvalue weighted by Gasteiger charge is 2.38. The van der Waals surface area contributed by atoms with Crippen molar-refractivity contribution in [2.24, 2.45) is 0 Å². The van der Waals surface area contributed by atoms with E-state index in [0.717, 1.165) is 25.1 Å². The average Bonchev–Trinajstić information content (AvgIpc) is 2.62. The van der Waals surface area contributed by atoms with Crippen molar-refractivity contribution in [1.29, 1.82) is 0 Å². The third-order valence-corrected chi connectivity index (χ3v) is 4.98. The van der Waals surface area contributed by atoms with Gasteiger partial charge in [0.05, 0.1) is 13.2 Å². The van der Waals surface area contributed by atoms with Gasteiger partial charge in [-0.1, -0.05) is 17.7 Å². The van der Waals surface area contributed by atoms with Gasteiger partial charge in [0.2, 0.25) is 0 Å². The Morgan fingerprint density at radius 1 is 1.12 bits per heavy atom. The molecule has 130 valence electrons. The second-order valence-electron chi connectivity index (χ2n) is 6.55. The number of aryl methyl sites for hydroxylation is 1. The number of piperidine rings is 1. The summed E-state index contributed by atoms with van der Waals surface area (Å²) in [6, 6.07) is 6.74. The normalized spacial score (nSPS) is 25.5. The molecule has 2 heterocycles. The fourth-order valence-corrected chi connectivity index (χ4v) is 3.56. The molecule has 2 fully saturated rings. The summed E-state index contributed by atoms with van der Waals surface area (Å²) < 4.78 is 5.37. The molecule has 1 amide bonds. The topological polar surface area (TPSA) is 70.1 Å². The molecule has 2 saturated heterocycles. The fourth-order valence-electron chi connectivity index (χ4n) is 3.56. The summed E-state index contributed by atoms with van der Waals surface area (Å²) in [4.78, 5) is 28.3. The first-order valence-electron chi connectivity index (χ1n) is 8.48. The molecule has 6 heteroatoms. The highest BCUT2D eigenvalue weighted by molar-refractivity contribution is 5.96. The Hall–Kier alpha value is -1.92. The Balaban J connectivity index is 1.72. The van der Waals surface area contributed by atoms with Gasteiger partial charge in [0.25, 0.3) is 5.91 Å². The van der Waals surface area contributed by atoms with Gasteiger partial charge in [0, 0.05) is 31.2 Å². The number of hydrogen-bond acceptors (Lipinski definition) is 4. The Kier molecular flexibility index (Phi) is 5.16. The molecular weight excluding hydrogens is 308 g/mol. The quantitative estimate of drug-likeness (QED) is 0.906. The molecule has 2 aliphatic rings. The molecule has 0 unspecified atom stereocenters. The molecule has 0 aliphatic carbocycles. The van der Waals surface area contributed by atoms with Gasteiger partial charge in [-0.3, -0.25) is 9.69 Å². The molecule has 0 saturated carbocycles. The van der Waals surface area contributed by atoms with Crippen molar-refractivity contribution in [3.63, 3.8) is 0 Å². The van der Waals surface area contributed by atoms with Crippen LogP contribution in [0.5, 0.6) is 0 Å². The highest BCUT2D eigenvalue weighted by atomic mass is 16.5. The van der Waals surface area contributed by atoms with Crippen LogP contribution in [0.1, 0.15) is 28.8 Å². The van der Waals surface area contributed by atoms with Crippen LogP contribution >= 0.6 is 0 Å². The van der Waals surface area contributed by atoms with E-state index < -0.39 is 12.0 Å². The number of amides is 1. The van der Waals surface area contributed by atoms with E-state index >= 15 is 0 Å². The van der Waals surface area contributed by atoms with Gasteiger partial charge in [-0.2, -0.15) is 0 Å². The fraction of sp³-hybridized carbons (Fsp3) is 0.556. The lowest BCUT2D eigenvalue weighted by molar-refractivity contribution is -0.144. The van der Waals surface area contributed by atoms with Crippen LogP contribution in [-0.2, 0) is 9.53 Å². The van der Waals surface area contributed by atoms with Crippen molar-refractivity contribution in [2.45, 2.75) is 31.8 Å². The molecular formula is C18H24N2O4. The monoisotopic (exact) mass is 332 g/mol. The van der Waals surface area contributed by atoms with Crippen molar-refractivity contribution < 1.29 is 19.4 Å². The van der Waals surface area contributed by atoms with Crippen LogP contribution in [-0.4, -0.2) is 71.7 Å². The number of carbonyl (C=O) groups excluding carboxylic acids is 1. The lowest BCUT2D eigenvalue weighted by Gasteiger charge is -2.43. The van der Waals surface area contributed by atoms with Crippen LogP contribution < -0.4 is 0 Å². The van der Waals surface area contributed by atoms with Gasteiger partial charge in [-0.15, -0.1) is 0 Å². The molecule has 1 aromatic carbocycles.